The van der Waals surface area contributed by atoms with Crippen LogP contribution in [0.3, 0.4) is 0 Å². The van der Waals surface area contributed by atoms with Gasteiger partial charge in [0.1, 0.15) is 5.75 Å². The second-order valence-electron chi connectivity index (χ2n) is 3.39. The molecule has 1 atom stereocenters. The van der Waals surface area contributed by atoms with Crippen molar-refractivity contribution in [3.8, 4) is 5.75 Å². The summed E-state index contributed by atoms with van der Waals surface area (Å²) in [6.45, 7) is 1.87. The Balaban J connectivity index is 2.55. The van der Waals surface area contributed by atoms with Gasteiger partial charge in [0.2, 0.25) is 0 Å². The molecule has 0 aromatic heterocycles. The van der Waals surface area contributed by atoms with Gasteiger partial charge in [0.05, 0.1) is 5.88 Å². The Morgan fingerprint density at radius 1 is 1.65 bits per heavy atom. The zero-order valence-electron chi connectivity index (χ0n) is 9.24. The van der Waals surface area contributed by atoms with Crippen LogP contribution in [0.1, 0.15) is 17.3 Å². The van der Waals surface area contributed by atoms with Crippen molar-refractivity contribution < 1.29 is 9.90 Å². The number of rotatable bonds is 5. The van der Waals surface area contributed by atoms with Gasteiger partial charge in [-0.15, -0.1) is 11.8 Å². The molecule has 0 spiro atoms. The molecule has 0 aliphatic rings. The minimum absolute atomic E-state index is 0.0387. The van der Waals surface area contributed by atoms with Crippen LogP contribution in [0, 0.1) is 5.41 Å². The lowest BCUT2D eigenvalue weighted by atomic mass is 10.2. The summed E-state index contributed by atoms with van der Waals surface area (Å²) < 4.78 is 0. The first-order chi connectivity index (χ1) is 8.02. The Bertz CT molecular complexity index is 406. The van der Waals surface area contributed by atoms with E-state index < -0.39 is 0 Å². The van der Waals surface area contributed by atoms with Gasteiger partial charge in [0.25, 0.3) is 5.91 Å². The average molecular weight is 273 g/mol. The number of aromatic hydroxyl groups is 1. The van der Waals surface area contributed by atoms with Crippen LogP contribution in [0.4, 0.5) is 0 Å². The van der Waals surface area contributed by atoms with Crippen molar-refractivity contribution in [1.29, 1.82) is 5.41 Å². The summed E-state index contributed by atoms with van der Waals surface area (Å²) in [4.78, 5) is 11.7. The molecule has 1 aromatic carbocycles. The van der Waals surface area contributed by atoms with Gasteiger partial charge in [-0.3, -0.25) is 4.79 Å². The number of halogens is 1. The highest BCUT2D eigenvalue weighted by atomic mass is 35.5. The predicted molar refractivity (Wildman–Crippen MR) is 71.3 cm³/mol. The number of hydrogen-bond acceptors (Lipinski definition) is 4. The number of phenolic OH excluding ortho intramolecular Hbond substituents is 1. The van der Waals surface area contributed by atoms with Crippen molar-refractivity contribution >= 4 is 35.5 Å². The SMILES string of the molecule is CC(C=N)SCNC(=O)c1cc(O)cc(Cl)c1. The largest absolute Gasteiger partial charge is 0.508 e. The van der Waals surface area contributed by atoms with Crippen molar-refractivity contribution in [3.05, 3.63) is 28.8 Å². The first kappa shape index (κ1) is 13.9. The van der Waals surface area contributed by atoms with E-state index in [-0.39, 0.29) is 16.9 Å². The monoisotopic (exact) mass is 272 g/mol. The maximum atomic E-state index is 11.7. The Kier molecular flexibility index (Phi) is 5.31. The van der Waals surface area contributed by atoms with Gasteiger partial charge >= 0.3 is 0 Å². The summed E-state index contributed by atoms with van der Waals surface area (Å²) in [6.07, 6.45) is 1.31. The van der Waals surface area contributed by atoms with E-state index in [1.165, 1.54) is 36.2 Å². The third-order valence-electron chi connectivity index (χ3n) is 1.96. The van der Waals surface area contributed by atoms with Crippen LogP contribution in [0.2, 0.25) is 5.02 Å². The van der Waals surface area contributed by atoms with Crippen LogP contribution in [0.15, 0.2) is 18.2 Å². The number of hydrogen-bond donors (Lipinski definition) is 3. The van der Waals surface area contributed by atoms with Crippen molar-refractivity contribution in [2.45, 2.75) is 12.2 Å². The Hall–Kier alpha value is -1.20. The van der Waals surface area contributed by atoms with E-state index in [1.807, 2.05) is 6.92 Å². The molecule has 0 saturated carbocycles. The maximum Gasteiger partial charge on any atom is 0.252 e. The van der Waals surface area contributed by atoms with E-state index in [4.69, 9.17) is 17.0 Å². The lowest BCUT2D eigenvalue weighted by Crippen LogP contribution is -2.23. The third kappa shape index (κ3) is 4.66. The van der Waals surface area contributed by atoms with Crippen molar-refractivity contribution in [2.24, 2.45) is 0 Å². The first-order valence-corrected chi connectivity index (χ1v) is 6.35. The molecular weight excluding hydrogens is 260 g/mol. The predicted octanol–water partition coefficient (Wildman–Crippen LogP) is 2.50. The van der Waals surface area contributed by atoms with Crippen LogP contribution in [0.25, 0.3) is 0 Å². The molecule has 1 aromatic rings. The molecule has 4 nitrogen and oxygen atoms in total. The summed E-state index contributed by atoms with van der Waals surface area (Å²) in [5.41, 5.74) is 0.318. The number of phenols is 1. The second kappa shape index (κ2) is 6.51. The van der Waals surface area contributed by atoms with Gasteiger partial charge in [0, 0.05) is 22.1 Å². The van der Waals surface area contributed by atoms with Crippen molar-refractivity contribution in [2.75, 3.05) is 5.88 Å². The fourth-order valence-corrected chi connectivity index (χ4v) is 1.90. The van der Waals surface area contributed by atoms with Crippen LogP contribution < -0.4 is 5.32 Å². The summed E-state index contributed by atoms with van der Waals surface area (Å²) in [5.74, 6) is 0.0680. The average Bonchev–Trinajstić information content (AvgIpc) is 2.27. The smallest absolute Gasteiger partial charge is 0.252 e. The molecule has 0 aliphatic carbocycles. The summed E-state index contributed by atoms with van der Waals surface area (Å²) in [6, 6.07) is 4.21. The van der Waals surface area contributed by atoms with Crippen LogP contribution in [-0.2, 0) is 0 Å². The van der Waals surface area contributed by atoms with Gasteiger partial charge in [-0.2, -0.15) is 0 Å². The molecule has 0 aliphatic heterocycles. The molecule has 1 amide bonds. The molecule has 3 N–H and O–H groups in total. The summed E-state index contributed by atoms with van der Waals surface area (Å²) in [7, 11) is 0. The molecule has 0 saturated heterocycles. The van der Waals surface area contributed by atoms with Crippen molar-refractivity contribution in [1.82, 2.24) is 5.32 Å². The van der Waals surface area contributed by atoms with Crippen LogP contribution in [-0.4, -0.2) is 28.4 Å². The summed E-state index contributed by atoms with van der Waals surface area (Å²) >= 11 is 7.16. The molecule has 17 heavy (non-hydrogen) atoms. The fourth-order valence-electron chi connectivity index (χ4n) is 1.09. The molecular formula is C11H13ClN2O2S. The van der Waals surface area contributed by atoms with Crippen molar-refractivity contribution in [3.63, 3.8) is 0 Å². The number of benzene rings is 1. The first-order valence-electron chi connectivity index (χ1n) is 4.93. The molecule has 0 bridgehead atoms. The Morgan fingerprint density at radius 2 is 2.35 bits per heavy atom. The van der Waals surface area contributed by atoms with E-state index in [1.54, 1.807) is 0 Å². The number of amides is 1. The van der Waals surface area contributed by atoms with E-state index in [9.17, 15) is 9.90 Å². The molecule has 92 valence electrons. The van der Waals surface area contributed by atoms with E-state index >= 15 is 0 Å². The molecule has 0 fully saturated rings. The van der Waals surface area contributed by atoms with Gasteiger partial charge < -0.3 is 15.8 Å². The number of thioether (sulfide) groups is 1. The summed E-state index contributed by atoms with van der Waals surface area (Å²) in [5, 5.41) is 19.3. The van der Waals surface area contributed by atoms with Gasteiger partial charge in [-0.1, -0.05) is 11.6 Å². The Morgan fingerprint density at radius 3 is 2.94 bits per heavy atom. The highest BCUT2D eigenvalue weighted by molar-refractivity contribution is 8.00. The zero-order chi connectivity index (χ0) is 12.8. The normalized spacial score (nSPS) is 11.9. The molecule has 6 heteroatoms. The zero-order valence-corrected chi connectivity index (χ0v) is 10.8. The lowest BCUT2D eigenvalue weighted by Gasteiger charge is -2.07. The number of carbonyl (C=O) groups excluding carboxylic acids is 1. The number of carbonyl (C=O) groups is 1. The second-order valence-corrected chi connectivity index (χ2v) is 5.19. The molecule has 1 rings (SSSR count). The number of nitrogens with one attached hydrogen (secondary N) is 2. The Labute approximate surface area is 109 Å². The van der Waals surface area contributed by atoms with E-state index in [2.05, 4.69) is 5.32 Å². The standard InChI is InChI=1S/C11H13ClN2O2S/c1-7(5-13)17-6-14-11(16)8-2-9(12)4-10(15)3-8/h2-5,7,13,15H,6H2,1H3,(H,14,16). The van der Waals surface area contributed by atoms with Crippen LogP contribution >= 0.6 is 23.4 Å². The van der Waals surface area contributed by atoms with E-state index in [0.717, 1.165) is 0 Å². The van der Waals surface area contributed by atoms with Gasteiger partial charge in [-0.05, 0) is 25.1 Å². The van der Waals surface area contributed by atoms with Crippen LogP contribution in [0.5, 0.6) is 5.75 Å². The quantitative estimate of drug-likeness (QED) is 0.570. The highest BCUT2D eigenvalue weighted by Crippen LogP contribution is 2.19. The highest BCUT2D eigenvalue weighted by Gasteiger charge is 2.08. The molecule has 0 radical (unpaired) electrons. The topological polar surface area (TPSA) is 73.2 Å². The minimum atomic E-state index is -0.299. The lowest BCUT2D eigenvalue weighted by molar-refractivity contribution is 0.0960. The van der Waals surface area contributed by atoms with E-state index in [0.29, 0.717) is 16.5 Å². The minimum Gasteiger partial charge on any atom is -0.508 e. The molecule has 0 heterocycles. The molecule has 1 unspecified atom stereocenters. The third-order valence-corrected chi connectivity index (χ3v) is 3.15. The maximum absolute atomic E-state index is 11.7. The van der Waals surface area contributed by atoms with Gasteiger partial charge in [-0.25, -0.2) is 0 Å². The van der Waals surface area contributed by atoms with Gasteiger partial charge in [0.15, 0.2) is 0 Å². The fraction of sp³-hybridized carbons (Fsp3) is 0.273.